The first-order valence-electron chi connectivity index (χ1n) is 4.90. The summed E-state index contributed by atoms with van der Waals surface area (Å²) < 4.78 is 0. The number of amides is 1. The summed E-state index contributed by atoms with van der Waals surface area (Å²) in [6, 6.07) is 0. The molecule has 0 saturated heterocycles. The number of hydrogen-bond donors (Lipinski definition) is 2. The molecule has 0 saturated carbocycles. The Hall–Kier alpha value is -2.29. The fraction of sp³-hybridized carbons (Fsp3) is 0.222. The van der Waals surface area contributed by atoms with Gasteiger partial charge >= 0.3 is 6.09 Å². The number of nitrogens with one attached hydrogen (secondary N) is 1. The van der Waals surface area contributed by atoms with Gasteiger partial charge in [0.25, 0.3) is 0 Å². The minimum atomic E-state index is -1.20. The van der Waals surface area contributed by atoms with Crippen molar-refractivity contribution in [2.24, 2.45) is 0 Å². The van der Waals surface area contributed by atoms with Gasteiger partial charge < -0.3 is 5.11 Å². The molecule has 0 aliphatic carbocycles. The van der Waals surface area contributed by atoms with Gasteiger partial charge in [0.1, 0.15) is 0 Å². The highest BCUT2D eigenvalue weighted by Crippen LogP contribution is 2.14. The first-order valence-corrected chi connectivity index (χ1v) is 5.72. The van der Waals surface area contributed by atoms with Crippen LogP contribution in [0.15, 0.2) is 12.4 Å². The van der Waals surface area contributed by atoms with Crippen LogP contribution < -0.4 is 5.32 Å². The maximum absolute atomic E-state index is 11.1. The largest absolute Gasteiger partial charge is 0.465 e. The van der Waals surface area contributed by atoms with Gasteiger partial charge in [-0.3, -0.25) is 10.1 Å². The molecular formula is C9H9N5O3S. The van der Waals surface area contributed by atoms with Crippen LogP contribution in [0.4, 0.5) is 10.6 Å². The topological polar surface area (TPSA) is 110 Å². The van der Waals surface area contributed by atoms with Crippen LogP contribution in [0, 0.1) is 0 Å². The summed E-state index contributed by atoms with van der Waals surface area (Å²) in [5, 5.41) is 18.8. The fourth-order valence-electron chi connectivity index (χ4n) is 1.22. The standard InChI is InChI=1S/C9H9N5O3S/c1-5(15)8-10-2-6(18-8)4-14-11-3-7(13-14)12-9(16)17/h2-3H,4H2,1H3,(H,12,13)(H,16,17). The number of carbonyl (C=O) groups excluding carboxylic acids is 1. The van der Waals surface area contributed by atoms with E-state index in [1.807, 2.05) is 0 Å². The molecule has 2 N–H and O–H groups in total. The SMILES string of the molecule is CC(=O)c1ncc(Cn2ncc(NC(=O)O)n2)s1. The Morgan fingerprint density at radius 3 is 2.89 bits per heavy atom. The smallest absolute Gasteiger partial charge is 0.410 e. The van der Waals surface area contributed by atoms with Crippen LogP contribution in [0.25, 0.3) is 0 Å². The molecule has 0 aliphatic heterocycles. The van der Waals surface area contributed by atoms with E-state index in [4.69, 9.17) is 5.11 Å². The first kappa shape index (κ1) is 12.2. The van der Waals surface area contributed by atoms with Gasteiger partial charge in [0.15, 0.2) is 16.6 Å². The van der Waals surface area contributed by atoms with Crippen LogP contribution in [0.3, 0.4) is 0 Å². The van der Waals surface area contributed by atoms with E-state index >= 15 is 0 Å². The molecule has 2 rings (SSSR count). The van der Waals surface area contributed by atoms with Crippen molar-refractivity contribution in [1.29, 1.82) is 0 Å². The van der Waals surface area contributed by atoms with Crippen molar-refractivity contribution >= 4 is 29.0 Å². The molecule has 1 amide bonds. The fourth-order valence-corrected chi connectivity index (χ4v) is 2.01. The molecule has 0 bridgehead atoms. The van der Waals surface area contributed by atoms with Crippen molar-refractivity contribution in [2.45, 2.75) is 13.5 Å². The molecule has 2 aromatic heterocycles. The number of carboxylic acid groups (broad SMARTS) is 1. The molecule has 18 heavy (non-hydrogen) atoms. The van der Waals surface area contributed by atoms with E-state index in [0.717, 1.165) is 4.88 Å². The molecule has 0 atom stereocenters. The van der Waals surface area contributed by atoms with Gasteiger partial charge in [-0.25, -0.2) is 9.78 Å². The van der Waals surface area contributed by atoms with Crippen LogP contribution >= 0.6 is 11.3 Å². The van der Waals surface area contributed by atoms with E-state index < -0.39 is 6.09 Å². The Labute approximate surface area is 105 Å². The van der Waals surface area contributed by atoms with E-state index in [1.165, 1.54) is 29.3 Å². The highest BCUT2D eigenvalue weighted by molar-refractivity contribution is 7.13. The molecule has 0 fully saturated rings. The van der Waals surface area contributed by atoms with Gasteiger partial charge in [-0.05, 0) is 0 Å². The molecule has 0 spiro atoms. The molecule has 0 aliphatic rings. The monoisotopic (exact) mass is 267 g/mol. The van der Waals surface area contributed by atoms with Crippen LogP contribution in [0.1, 0.15) is 21.6 Å². The molecule has 8 nitrogen and oxygen atoms in total. The predicted molar refractivity (Wildman–Crippen MR) is 62.9 cm³/mol. The normalized spacial score (nSPS) is 10.3. The van der Waals surface area contributed by atoms with Crippen LogP contribution in [-0.4, -0.2) is 37.0 Å². The van der Waals surface area contributed by atoms with Gasteiger partial charge in [0, 0.05) is 18.0 Å². The van der Waals surface area contributed by atoms with Gasteiger partial charge in [0.2, 0.25) is 0 Å². The maximum Gasteiger partial charge on any atom is 0.410 e. The van der Waals surface area contributed by atoms with Crippen molar-refractivity contribution in [3.63, 3.8) is 0 Å². The number of anilines is 1. The predicted octanol–water partition coefficient (Wildman–Crippen LogP) is 1.08. The van der Waals surface area contributed by atoms with E-state index in [9.17, 15) is 9.59 Å². The van der Waals surface area contributed by atoms with E-state index in [2.05, 4.69) is 20.5 Å². The number of rotatable bonds is 4. The van der Waals surface area contributed by atoms with Crippen molar-refractivity contribution in [1.82, 2.24) is 20.0 Å². The summed E-state index contributed by atoms with van der Waals surface area (Å²) in [5.74, 6) is 0.0618. The van der Waals surface area contributed by atoms with Gasteiger partial charge in [-0.2, -0.15) is 9.90 Å². The second-order valence-electron chi connectivity index (χ2n) is 3.38. The number of hydrogen-bond acceptors (Lipinski definition) is 6. The Balaban J connectivity index is 2.06. The van der Waals surface area contributed by atoms with Crippen molar-refractivity contribution in [3.8, 4) is 0 Å². The zero-order chi connectivity index (χ0) is 13.1. The van der Waals surface area contributed by atoms with Gasteiger partial charge in [-0.15, -0.1) is 16.4 Å². The average Bonchev–Trinajstić information content (AvgIpc) is 2.88. The number of nitrogens with zero attached hydrogens (tertiary/aromatic N) is 4. The van der Waals surface area contributed by atoms with Gasteiger partial charge in [-0.1, -0.05) is 0 Å². The second kappa shape index (κ2) is 4.92. The maximum atomic E-state index is 11.1. The summed E-state index contributed by atoms with van der Waals surface area (Å²) >= 11 is 1.26. The lowest BCUT2D eigenvalue weighted by Crippen LogP contribution is -2.09. The quantitative estimate of drug-likeness (QED) is 0.802. The van der Waals surface area contributed by atoms with Crippen LogP contribution in [-0.2, 0) is 6.54 Å². The number of aromatic nitrogens is 4. The minimum absolute atomic E-state index is 0.0899. The third-order valence-corrected chi connectivity index (χ3v) is 3.01. The number of Topliss-reactive ketones (excluding diaryl/α,β-unsaturated/α-hetero) is 1. The molecule has 94 valence electrons. The molecule has 2 aromatic rings. The van der Waals surface area contributed by atoms with Crippen molar-refractivity contribution in [3.05, 3.63) is 22.3 Å². The average molecular weight is 267 g/mol. The highest BCUT2D eigenvalue weighted by atomic mass is 32.1. The lowest BCUT2D eigenvalue weighted by molar-refractivity contribution is 0.101. The molecule has 2 heterocycles. The Kier molecular flexibility index (Phi) is 3.33. The number of carbonyl (C=O) groups is 2. The summed E-state index contributed by atoms with van der Waals surface area (Å²) in [7, 11) is 0. The van der Waals surface area contributed by atoms with Crippen LogP contribution in [0.5, 0.6) is 0 Å². The Morgan fingerprint density at radius 2 is 2.28 bits per heavy atom. The lowest BCUT2D eigenvalue weighted by atomic mass is 10.5. The Morgan fingerprint density at radius 1 is 1.50 bits per heavy atom. The van der Waals surface area contributed by atoms with Crippen molar-refractivity contribution < 1.29 is 14.7 Å². The zero-order valence-electron chi connectivity index (χ0n) is 9.32. The summed E-state index contributed by atoms with van der Waals surface area (Å²) in [6.45, 7) is 1.79. The molecule has 0 unspecified atom stereocenters. The third kappa shape index (κ3) is 2.88. The highest BCUT2D eigenvalue weighted by Gasteiger charge is 2.08. The minimum Gasteiger partial charge on any atom is -0.465 e. The van der Waals surface area contributed by atoms with E-state index in [0.29, 0.717) is 11.6 Å². The molecular weight excluding hydrogens is 258 g/mol. The third-order valence-electron chi connectivity index (χ3n) is 1.92. The number of thiazole rings is 1. The van der Waals surface area contributed by atoms with E-state index in [-0.39, 0.29) is 11.6 Å². The Bertz CT molecular complexity index is 591. The zero-order valence-corrected chi connectivity index (χ0v) is 10.1. The van der Waals surface area contributed by atoms with Gasteiger partial charge in [0.05, 0.1) is 12.7 Å². The van der Waals surface area contributed by atoms with Crippen molar-refractivity contribution in [2.75, 3.05) is 5.32 Å². The summed E-state index contributed by atoms with van der Waals surface area (Å²) in [4.78, 5) is 27.5. The lowest BCUT2D eigenvalue weighted by Gasteiger charge is -1.95. The molecule has 0 aromatic carbocycles. The first-order chi connectivity index (χ1) is 8.54. The molecule has 9 heteroatoms. The van der Waals surface area contributed by atoms with E-state index in [1.54, 1.807) is 6.20 Å². The summed E-state index contributed by atoms with van der Waals surface area (Å²) in [6.07, 6.45) is 1.69. The second-order valence-corrected chi connectivity index (χ2v) is 4.49. The number of ketones is 1. The summed E-state index contributed by atoms with van der Waals surface area (Å²) in [5.41, 5.74) is 0. The van der Waals surface area contributed by atoms with Crippen LogP contribution in [0.2, 0.25) is 0 Å². The molecule has 0 radical (unpaired) electrons.